The number of nitriles is 1. The Kier molecular flexibility index (Phi) is 4.46. The summed E-state index contributed by atoms with van der Waals surface area (Å²) in [6, 6.07) is 21.2. The standard InChI is InChI=1S/C18H15N5/c19-12-15-7-4-8-16(11-15)22-18-20-10-9-17(23-18)21-13-14-5-2-1-3-6-14/h1-11H,13H2,(H2,20,21,22,23). The number of hydrogen-bond acceptors (Lipinski definition) is 5. The molecule has 0 saturated carbocycles. The van der Waals surface area contributed by atoms with Crippen molar-refractivity contribution in [3.63, 3.8) is 0 Å². The van der Waals surface area contributed by atoms with E-state index in [9.17, 15) is 0 Å². The molecule has 0 radical (unpaired) electrons. The maximum atomic E-state index is 8.93. The molecule has 23 heavy (non-hydrogen) atoms. The van der Waals surface area contributed by atoms with E-state index in [1.54, 1.807) is 18.3 Å². The predicted molar refractivity (Wildman–Crippen MR) is 90.2 cm³/mol. The van der Waals surface area contributed by atoms with E-state index >= 15 is 0 Å². The molecule has 0 aliphatic heterocycles. The molecule has 0 fully saturated rings. The molecule has 3 aromatic rings. The van der Waals surface area contributed by atoms with Crippen molar-refractivity contribution in [3.8, 4) is 6.07 Å². The summed E-state index contributed by atoms with van der Waals surface area (Å²) in [6.45, 7) is 0.696. The van der Waals surface area contributed by atoms with Crippen LogP contribution < -0.4 is 10.6 Å². The average Bonchev–Trinajstić information content (AvgIpc) is 2.61. The van der Waals surface area contributed by atoms with E-state index in [1.807, 2.05) is 36.4 Å². The van der Waals surface area contributed by atoms with Crippen LogP contribution in [-0.2, 0) is 6.54 Å². The van der Waals surface area contributed by atoms with Crippen LogP contribution in [0.4, 0.5) is 17.5 Å². The Morgan fingerprint density at radius 3 is 2.70 bits per heavy atom. The lowest BCUT2D eigenvalue weighted by atomic mass is 10.2. The van der Waals surface area contributed by atoms with Crippen LogP contribution in [0, 0.1) is 11.3 Å². The monoisotopic (exact) mass is 301 g/mol. The zero-order valence-corrected chi connectivity index (χ0v) is 12.4. The number of aromatic nitrogens is 2. The minimum atomic E-state index is 0.484. The molecule has 0 aliphatic rings. The highest BCUT2D eigenvalue weighted by Gasteiger charge is 2.01. The van der Waals surface area contributed by atoms with Crippen molar-refractivity contribution in [2.24, 2.45) is 0 Å². The lowest BCUT2D eigenvalue weighted by molar-refractivity contribution is 1.08. The van der Waals surface area contributed by atoms with E-state index in [0.717, 1.165) is 11.5 Å². The summed E-state index contributed by atoms with van der Waals surface area (Å²) in [7, 11) is 0. The third-order valence-corrected chi connectivity index (χ3v) is 3.22. The van der Waals surface area contributed by atoms with Gasteiger partial charge in [-0.2, -0.15) is 10.2 Å². The molecule has 0 aliphatic carbocycles. The van der Waals surface area contributed by atoms with E-state index in [-0.39, 0.29) is 0 Å². The summed E-state index contributed by atoms with van der Waals surface area (Å²) >= 11 is 0. The SMILES string of the molecule is N#Cc1cccc(Nc2nccc(NCc3ccccc3)n2)c1. The van der Waals surface area contributed by atoms with Crippen molar-refractivity contribution in [1.82, 2.24) is 9.97 Å². The van der Waals surface area contributed by atoms with Crippen molar-refractivity contribution in [3.05, 3.63) is 78.0 Å². The van der Waals surface area contributed by atoms with Gasteiger partial charge in [-0.3, -0.25) is 0 Å². The first-order valence-electron chi connectivity index (χ1n) is 7.21. The molecular formula is C18H15N5. The lowest BCUT2D eigenvalue weighted by Crippen LogP contribution is -2.04. The predicted octanol–water partition coefficient (Wildman–Crippen LogP) is 3.70. The molecule has 1 heterocycles. The average molecular weight is 301 g/mol. The fourth-order valence-corrected chi connectivity index (χ4v) is 2.10. The summed E-state index contributed by atoms with van der Waals surface area (Å²) < 4.78 is 0. The third kappa shape index (κ3) is 4.05. The zero-order valence-electron chi connectivity index (χ0n) is 12.4. The maximum Gasteiger partial charge on any atom is 0.229 e. The maximum absolute atomic E-state index is 8.93. The van der Waals surface area contributed by atoms with E-state index < -0.39 is 0 Å². The molecule has 2 aromatic carbocycles. The highest BCUT2D eigenvalue weighted by molar-refractivity contribution is 5.57. The largest absolute Gasteiger partial charge is 0.366 e. The van der Waals surface area contributed by atoms with Gasteiger partial charge in [-0.1, -0.05) is 36.4 Å². The van der Waals surface area contributed by atoms with Crippen LogP contribution in [0.3, 0.4) is 0 Å². The normalized spacial score (nSPS) is 9.87. The zero-order chi connectivity index (χ0) is 15.9. The van der Waals surface area contributed by atoms with Crippen LogP contribution in [0.25, 0.3) is 0 Å². The lowest BCUT2D eigenvalue weighted by Gasteiger charge is -2.08. The van der Waals surface area contributed by atoms with Gasteiger partial charge in [0.1, 0.15) is 5.82 Å². The topological polar surface area (TPSA) is 73.6 Å². The highest BCUT2D eigenvalue weighted by atomic mass is 15.1. The molecule has 5 nitrogen and oxygen atoms in total. The smallest absolute Gasteiger partial charge is 0.229 e. The number of rotatable bonds is 5. The van der Waals surface area contributed by atoms with Crippen molar-refractivity contribution in [2.45, 2.75) is 6.54 Å². The van der Waals surface area contributed by atoms with E-state index in [1.165, 1.54) is 5.56 Å². The van der Waals surface area contributed by atoms with Crippen molar-refractivity contribution >= 4 is 17.5 Å². The second-order valence-corrected chi connectivity index (χ2v) is 4.92. The van der Waals surface area contributed by atoms with Gasteiger partial charge >= 0.3 is 0 Å². The van der Waals surface area contributed by atoms with Gasteiger partial charge in [0.25, 0.3) is 0 Å². The summed E-state index contributed by atoms with van der Waals surface area (Å²) in [5, 5.41) is 15.3. The molecule has 0 atom stereocenters. The van der Waals surface area contributed by atoms with Gasteiger partial charge in [0.15, 0.2) is 0 Å². The second-order valence-electron chi connectivity index (χ2n) is 4.92. The van der Waals surface area contributed by atoms with Crippen molar-refractivity contribution in [2.75, 3.05) is 10.6 Å². The fourth-order valence-electron chi connectivity index (χ4n) is 2.10. The van der Waals surface area contributed by atoms with E-state index in [2.05, 4.69) is 38.8 Å². The molecule has 0 spiro atoms. The van der Waals surface area contributed by atoms with Crippen LogP contribution in [0.2, 0.25) is 0 Å². The molecule has 112 valence electrons. The summed E-state index contributed by atoms with van der Waals surface area (Å²) in [5.41, 5.74) is 2.56. The number of hydrogen-bond donors (Lipinski definition) is 2. The van der Waals surface area contributed by atoms with Crippen LogP contribution in [0.5, 0.6) is 0 Å². The molecule has 2 N–H and O–H groups in total. The first kappa shape index (κ1) is 14.5. The molecule has 0 unspecified atom stereocenters. The van der Waals surface area contributed by atoms with Crippen LogP contribution in [-0.4, -0.2) is 9.97 Å². The van der Waals surface area contributed by atoms with Gasteiger partial charge < -0.3 is 10.6 Å². The van der Waals surface area contributed by atoms with Gasteiger partial charge in [0.05, 0.1) is 11.6 Å². The Hall–Kier alpha value is -3.39. The third-order valence-electron chi connectivity index (χ3n) is 3.22. The van der Waals surface area contributed by atoms with E-state index in [4.69, 9.17) is 5.26 Å². The quantitative estimate of drug-likeness (QED) is 0.751. The highest BCUT2D eigenvalue weighted by Crippen LogP contribution is 2.15. The number of nitrogens with one attached hydrogen (secondary N) is 2. The number of nitrogens with zero attached hydrogens (tertiary/aromatic N) is 3. The van der Waals surface area contributed by atoms with Crippen LogP contribution in [0.15, 0.2) is 66.9 Å². The van der Waals surface area contributed by atoms with Crippen LogP contribution >= 0.6 is 0 Å². The van der Waals surface area contributed by atoms with Crippen molar-refractivity contribution in [1.29, 1.82) is 5.26 Å². The first-order chi connectivity index (χ1) is 11.3. The number of anilines is 3. The Balaban J connectivity index is 1.68. The van der Waals surface area contributed by atoms with Crippen LogP contribution in [0.1, 0.15) is 11.1 Å². The summed E-state index contributed by atoms with van der Waals surface area (Å²) in [4.78, 5) is 8.62. The second kappa shape index (κ2) is 7.05. The van der Waals surface area contributed by atoms with Gasteiger partial charge in [-0.25, -0.2) is 4.98 Å². The van der Waals surface area contributed by atoms with Gasteiger partial charge in [0.2, 0.25) is 5.95 Å². The van der Waals surface area contributed by atoms with Gasteiger partial charge in [0, 0.05) is 18.4 Å². The summed E-state index contributed by atoms with van der Waals surface area (Å²) in [5.74, 6) is 1.22. The Labute approximate surface area is 134 Å². The number of benzene rings is 2. The minimum Gasteiger partial charge on any atom is -0.366 e. The fraction of sp³-hybridized carbons (Fsp3) is 0.0556. The summed E-state index contributed by atoms with van der Waals surface area (Å²) in [6.07, 6.45) is 1.69. The first-order valence-corrected chi connectivity index (χ1v) is 7.21. The molecular weight excluding hydrogens is 286 g/mol. The Morgan fingerprint density at radius 1 is 1.00 bits per heavy atom. The van der Waals surface area contributed by atoms with E-state index in [0.29, 0.717) is 18.1 Å². The van der Waals surface area contributed by atoms with Gasteiger partial charge in [-0.05, 0) is 29.8 Å². The Morgan fingerprint density at radius 2 is 1.87 bits per heavy atom. The van der Waals surface area contributed by atoms with Gasteiger partial charge in [-0.15, -0.1) is 0 Å². The minimum absolute atomic E-state index is 0.484. The molecule has 0 bridgehead atoms. The Bertz CT molecular complexity index is 824. The van der Waals surface area contributed by atoms with Crippen molar-refractivity contribution < 1.29 is 0 Å². The molecule has 0 amide bonds. The molecule has 1 aromatic heterocycles. The molecule has 3 rings (SSSR count). The molecule has 0 saturated heterocycles. The molecule has 5 heteroatoms.